The lowest BCUT2D eigenvalue weighted by atomic mass is 10.0. The van der Waals surface area contributed by atoms with Crippen LogP contribution in [0.3, 0.4) is 0 Å². The minimum atomic E-state index is -0.172. The molecule has 1 aliphatic heterocycles. The maximum atomic E-state index is 12.2. The van der Waals surface area contributed by atoms with Crippen LogP contribution in [0.1, 0.15) is 31.4 Å². The highest BCUT2D eigenvalue weighted by molar-refractivity contribution is 8.00. The van der Waals surface area contributed by atoms with Gasteiger partial charge in [0.05, 0.1) is 11.5 Å². The summed E-state index contributed by atoms with van der Waals surface area (Å²) in [5.41, 5.74) is 0. The summed E-state index contributed by atoms with van der Waals surface area (Å²) in [6.45, 7) is 4.52. The summed E-state index contributed by atoms with van der Waals surface area (Å²) in [5.74, 6) is 2.47. The molecule has 2 N–H and O–H groups in total. The molecule has 1 saturated heterocycles. The zero-order chi connectivity index (χ0) is 17.6. The molecule has 146 valence electrons. The standard InChI is InChI=1S/C17H26N4O3S.ClH/c1-12-8-15(20-24-12)19-16(22)10-25-11-17(23)21-6-4-14(5-7-21)18-9-13-2-3-13;/h8,13-14,18H,2-7,9-11H2,1H3,(H,19,20,22);1H. The van der Waals surface area contributed by atoms with E-state index in [9.17, 15) is 9.59 Å². The summed E-state index contributed by atoms with van der Waals surface area (Å²) in [5, 5.41) is 9.98. The zero-order valence-electron chi connectivity index (χ0n) is 15.0. The predicted octanol–water partition coefficient (Wildman–Crippen LogP) is 2.07. The number of aryl methyl sites for hydroxylation is 1. The SMILES string of the molecule is Cc1cc(NC(=O)CSCC(=O)N2CCC(NCC3CC3)CC2)no1.Cl. The van der Waals surface area contributed by atoms with Gasteiger partial charge in [0.15, 0.2) is 5.82 Å². The Balaban J connectivity index is 0.00000243. The number of aromatic nitrogens is 1. The van der Waals surface area contributed by atoms with Gasteiger partial charge in [-0.3, -0.25) is 9.59 Å². The van der Waals surface area contributed by atoms with Crippen molar-refractivity contribution in [3.8, 4) is 0 Å². The van der Waals surface area contributed by atoms with Crippen LogP contribution < -0.4 is 10.6 Å². The van der Waals surface area contributed by atoms with Gasteiger partial charge in [-0.05, 0) is 45.1 Å². The van der Waals surface area contributed by atoms with E-state index in [4.69, 9.17) is 4.52 Å². The second-order valence-corrected chi connectivity index (χ2v) is 7.86. The Morgan fingerprint density at radius 1 is 1.27 bits per heavy atom. The van der Waals surface area contributed by atoms with Gasteiger partial charge < -0.3 is 20.1 Å². The van der Waals surface area contributed by atoms with Crippen LogP contribution in [0.15, 0.2) is 10.6 Å². The lowest BCUT2D eigenvalue weighted by Crippen LogP contribution is -2.46. The average molecular weight is 403 g/mol. The quantitative estimate of drug-likeness (QED) is 0.692. The first-order valence-corrected chi connectivity index (χ1v) is 10.1. The Morgan fingerprint density at radius 2 is 2.00 bits per heavy atom. The molecule has 0 bridgehead atoms. The van der Waals surface area contributed by atoms with Crippen molar-refractivity contribution >= 4 is 41.8 Å². The monoisotopic (exact) mass is 402 g/mol. The largest absolute Gasteiger partial charge is 0.360 e. The van der Waals surface area contributed by atoms with E-state index in [1.54, 1.807) is 13.0 Å². The number of halogens is 1. The molecule has 0 spiro atoms. The van der Waals surface area contributed by atoms with E-state index in [2.05, 4.69) is 15.8 Å². The minimum absolute atomic E-state index is 0. The van der Waals surface area contributed by atoms with E-state index in [1.165, 1.54) is 24.6 Å². The topological polar surface area (TPSA) is 87.5 Å². The molecule has 2 amide bonds. The molecule has 2 fully saturated rings. The summed E-state index contributed by atoms with van der Waals surface area (Å²) < 4.78 is 4.89. The van der Waals surface area contributed by atoms with Crippen LogP contribution in [0.2, 0.25) is 0 Å². The highest BCUT2D eigenvalue weighted by Crippen LogP contribution is 2.28. The van der Waals surface area contributed by atoms with Gasteiger partial charge in [0.2, 0.25) is 11.8 Å². The predicted molar refractivity (Wildman–Crippen MR) is 105 cm³/mol. The minimum Gasteiger partial charge on any atom is -0.360 e. The molecule has 3 rings (SSSR count). The molecular formula is C17H27ClN4O3S. The highest BCUT2D eigenvalue weighted by atomic mass is 35.5. The number of nitrogens with one attached hydrogen (secondary N) is 2. The van der Waals surface area contributed by atoms with Gasteiger partial charge in [0.25, 0.3) is 0 Å². The van der Waals surface area contributed by atoms with Crippen LogP contribution in [-0.2, 0) is 9.59 Å². The molecule has 0 unspecified atom stereocenters. The van der Waals surface area contributed by atoms with Crippen LogP contribution in [-0.4, -0.2) is 59.1 Å². The van der Waals surface area contributed by atoms with E-state index in [0.717, 1.165) is 38.4 Å². The summed E-state index contributed by atoms with van der Waals surface area (Å²) in [6.07, 6.45) is 4.78. The van der Waals surface area contributed by atoms with Gasteiger partial charge in [0, 0.05) is 25.2 Å². The Kier molecular flexibility index (Phi) is 8.24. The molecular weight excluding hydrogens is 376 g/mol. The number of likely N-dealkylation sites (tertiary alicyclic amines) is 1. The molecule has 7 nitrogen and oxygen atoms in total. The Bertz CT molecular complexity index is 601. The van der Waals surface area contributed by atoms with Gasteiger partial charge in [-0.15, -0.1) is 24.2 Å². The van der Waals surface area contributed by atoms with Crippen molar-refractivity contribution in [2.75, 3.05) is 36.5 Å². The van der Waals surface area contributed by atoms with Crippen LogP contribution in [0.25, 0.3) is 0 Å². The number of carbonyl (C=O) groups is 2. The number of nitrogens with zero attached hydrogens (tertiary/aromatic N) is 2. The molecule has 0 atom stereocenters. The molecule has 1 aromatic heterocycles. The summed E-state index contributed by atoms with van der Waals surface area (Å²) in [7, 11) is 0. The lowest BCUT2D eigenvalue weighted by molar-refractivity contribution is -0.129. The summed E-state index contributed by atoms with van der Waals surface area (Å²) in [4.78, 5) is 26.0. The first-order valence-electron chi connectivity index (χ1n) is 8.92. The first kappa shape index (κ1) is 21.1. The highest BCUT2D eigenvalue weighted by Gasteiger charge is 2.25. The Hall–Kier alpha value is -1.25. The molecule has 1 saturated carbocycles. The number of anilines is 1. The average Bonchev–Trinajstić information content (AvgIpc) is 3.35. The smallest absolute Gasteiger partial charge is 0.235 e. The van der Waals surface area contributed by atoms with Gasteiger partial charge in [0.1, 0.15) is 5.76 Å². The maximum absolute atomic E-state index is 12.2. The second-order valence-electron chi connectivity index (χ2n) is 6.87. The lowest BCUT2D eigenvalue weighted by Gasteiger charge is -2.32. The van der Waals surface area contributed by atoms with Crippen LogP contribution in [0, 0.1) is 12.8 Å². The molecule has 2 aliphatic rings. The van der Waals surface area contributed by atoms with E-state index < -0.39 is 0 Å². The normalized spacial score (nSPS) is 17.7. The number of piperidine rings is 1. The fourth-order valence-corrected chi connectivity index (χ4v) is 3.63. The molecule has 0 aromatic carbocycles. The number of hydrogen-bond acceptors (Lipinski definition) is 6. The van der Waals surface area contributed by atoms with Gasteiger partial charge in [-0.25, -0.2) is 0 Å². The van der Waals surface area contributed by atoms with Crippen molar-refractivity contribution in [1.29, 1.82) is 0 Å². The van der Waals surface area contributed by atoms with Crippen LogP contribution >= 0.6 is 24.2 Å². The zero-order valence-corrected chi connectivity index (χ0v) is 16.7. The third-order valence-corrected chi connectivity index (χ3v) is 5.51. The fraction of sp³-hybridized carbons (Fsp3) is 0.706. The van der Waals surface area contributed by atoms with Crippen molar-refractivity contribution in [3.05, 3.63) is 11.8 Å². The number of carbonyl (C=O) groups excluding carboxylic acids is 2. The van der Waals surface area contributed by atoms with Gasteiger partial charge in [-0.2, -0.15) is 0 Å². The van der Waals surface area contributed by atoms with Crippen molar-refractivity contribution < 1.29 is 14.1 Å². The van der Waals surface area contributed by atoms with Gasteiger partial charge >= 0.3 is 0 Å². The number of thioether (sulfide) groups is 1. The number of hydrogen-bond donors (Lipinski definition) is 2. The number of amides is 2. The third kappa shape index (κ3) is 6.81. The Labute approximate surface area is 164 Å². The molecule has 26 heavy (non-hydrogen) atoms. The maximum Gasteiger partial charge on any atom is 0.235 e. The second kappa shape index (κ2) is 10.2. The van der Waals surface area contributed by atoms with E-state index in [0.29, 0.717) is 23.4 Å². The third-order valence-electron chi connectivity index (χ3n) is 4.59. The molecule has 1 aliphatic carbocycles. The number of rotatable bonds is 8. The van der Waals surface area contributed by atoms with E-state index in [-0.39, 0.29) is 30.0 Å². The van der Waals surface area contributed by atoms with Crippen molar-refractivity contribution in [1.82, 2.24) is 15.4 Å². The van der Waals surface area contributed by atoms with Crippen molar-refractivity contribution in [2.24, 2.45) is 5.92 Å². The summed E-state index contributed by atoms with van der Waals surface area (Å²) in [6, 6.07) is 2.21. The Morgan fingerprint density at radius 3 is 2.62 bits per heavy atom. The fourth-order valence-electron chi connectivity index (χ4n) is 2.91. The molecule has 0 radical (unpaired) electrons. The van der Waals surface area contributed by atoms with E-state index >= 15 is 0 Å². The summed E-state index contributed by atoms with van der Waals surface area (Å²) >= 11 is 1.34. The first-order chi connectivity index (χ1) is 12.1. The molecule has 9 heteroatoms. The van der Waals surface area contributed by atoms with Crippen LogP contribution in [0.5, 0.6) is 0 Å². The molecule has 2 heterocycles. The molecule has 1 aromatic rings. The van der Waals surface area contributed by atoms with Crippen molar-refractivity contribution in [3.63, 3.8) is 0 Å². The van der Waals surface area contributed by atoms with Crippen LogP contribution in [0.4, 0.5) is 5.82 Å². The van der Waals surface area contributed by atoms with Crippen molar-refractivity contribution in [2.45, 2.75) is 38.6 Å². The van der Waals surface area contributed by atoms with E-state index in [1.807, 2.05) is 4.90 Å². The van der Waals surface area contributed by atoms with Gasteiger partial charge in [-0.1, -0.05) is 5.16 Å².